The first-order valence-electron chi connectivity index (χ1n) is 6.19. The van der Waals surface area contributed by atoms with Crippen LogP contribution in [0.1, 0.15) is 42.5 Å². The van der Waals surface area contributed by atoms with Crippen molar-refractivity contribution in [2.45, 2.75) is 42.4 Å². The predicted molar refractivity (Wildman–Crippen MR) is 72.1 cm³/mol. The van der Waals surface area contributed by atoms with Gasteiger partial charge in [0, 0.05) is 11.3 Å². The Hall–Kier alpha value is -1.63. The maximum atomic E-state index is 11.4. The monoisotopic (exact) mass is 281 g/mol. The molecule has 1 fully saturated rings. The third-order valence-electron chi connectivity index (χ3n) is 3.14. The zero-order valence-electron chi connectivity index (χ0n) is 10.4. The number of nitrogens with zero attached hydrogens (tertiary/aromatic N) is 2. The Bertz CT molecular complexity index is 501. The number of nitrogens with two attached hydrogens (primary N) is 1. The van der Waals surface area contributed by atoms with Gasteiger partial charge in [-0.15, -0.1) is 11.8 Å². The van der Waals surface area contributed by atoms with Gasteiger partial charge in [0.05, 0.1) is 10.5 Å². The van der Waals surface area contributed by atoms with Crippen molar-refractivity contribution in [3.05, 3.63) is 27.9 Å². The van der Waals surface area contributed by atoms with Gasteiger partial charge in [-0.05, 0) is 12.8 Å². The summed E-state index contributed by atoms with van der Waals surface area (Å²) in [6.45, 7) is 0. The van der Waals surface area contributed by atoms with E-state index < -0.39 is 10.8 Å². The molecule has 1 aromatic rings. The Morgan fingerprint density at radius 3 is 2.68 bits per heavy atom. The van der Waals surface area contributed by atoms with Crippen LogP contribution in [0.5, 0.6) is 0 Å². The number of aromatic nitrogens is 1. The third kappa shape index (κ3) is 3.44. The maximum absolute atomic E-state index is 11.4. The molecule has 0 spiro atoms. The lowest BCUT2D eigenvalue weighted by Gasteiger charge is -2.20. The molecule has 1 aliphatic carbocycles. The van der Waals surface area contributed by atoms with Crippen LogP contribution in [0, 0.1) is 10.1 Å². The van der Waals surface area contributed by atoms with E-state index in [9.17, 15) is 14.9 Å². The van der Waals surface area contributed by atoms with Crippen LogP contribution in [-0.4, -0.2) is 21.1 Å². The highest BCUT2D eigenvalue weighted by Crippen LogP contribution is 2.34. The van der Waals surface area contributed by atoms with Crippen molar-refractivity contribution in [3.8, 4) is 0 Å². The zero-order chi connectivity index (χ0) is 13.8. The van der Waals surface area contributed by atoms with E-state index in [0.717, 1.165) is 12.8 Å². The van der Waals surface area contributed by atoms with Crippen LogP contribution in [0.3, 0.4) is 0 Å². The largest absolute Gasteiger partial charge is 0.366 e. The van der Waals surface area contributed by atoms with E-state index in [0.29, 0.717) is 10.3 Å². The molecule has 1 heterocycles. The van der Waals surface area contributed by atoms with Crippen molar-refractivity contribution in [2.24, 2.45) is 5.73 Å². The minimum Gasteiger partial charge on any atom is -0.366 e. The predicted octanol–water partition coefficient (Wildman–Crippen LogP) is 2.51. The highest BCUT2D eigenvalue weighted by molar-refractivity contribution is 7.99. The summed E-state index contributed by atoms with van der Waals surface area (Å²) in [5, 5.41) is 11.6. The molecular formula is C12H15N3O3S. The fourth-order valence-corrected chi connectivity index (χ4v) is 3.44. The van der Waals surface area contributed by atoms with E-state index in [2.05, 4.69) is 4.98 Å². The molecule has 19 heavy (non-hydrogen) atoms. The Labute approximate surface area is 114 Å². The van der Waals surface area contributed by atoms with Gasteiger partial charge in [0.15, 0.2) is 0 Å². The molecule has 0 unspecified atom stereocenters. The molecule has 2 rings (SSSR count). The molecule has 1 amide bonds. The fourth-order valence-electron chi connectivity index (χ4n) is 2.15. The molecule has 0 aliphatic heterocycles. The molecule has 0 atom stereocenters. The molecule has 0 radical (unpaired) electrons. The number of carbonyl (C=O) groups is 1. The van der Waals surface area contributed by atoms with Crippen LogP contribution >= 0.6 is 11.8 Å². The molecule has 0 saturated heterocycles. The highest BCUT2D eigenvalue weighted by Gasteiger charge is 2.21. The minimum absolute atomic E-state index is 0.143. The quantitative estimate of drug-likeness (QED) is 0.675. The molecule has 0 bridgehead atoms. The van der Waals surface area contributed by atoms with Gasteiger partial charge < -0.3 is 5.73 Å². The van der Waals surface area contributed by atoms with Gasteiger partial charge in [0.25, 0.3) is 11.6 Å². The van der Waals surface area contributed by atoms with Gasteiger partial charge in [-0.2, -0.15) is 0 Å². The molecule has 0 aromatic carbocycles. The van der Waals surface area contributed by atoms with E-state index in [1.165, 1.54) is 43.3 Å². The summed E-state index contributed by atoms with van der Waals surface area (Å²) in [6.07, 6.45) is 6.95. The van der Waals surface area contributed by atoms with Crippen molar-refractivity contribution in [1.82, 2.24) is 4.98 Å². The number of hydrogen-bond donors (Lipinski definition) is 1. The summed E-state index contributed by atoms with van der Waals surface area (Å²) in [6, 6.07) is 1.21. The summed E-state index contributed by atoms with van der Waals surface area (Å²) < 4.78 is 0. The van der Waals surface area contributed by atoms with Crippen LogP contribution in [-0.2, 0) is 0 Å². The number of primary amides is 1. The number of carbonyl (C=O) groups excluding carboxylic acids is 1. The molecule has 7 heteroatoms. The van der Waals surface area contributed by atoms with Crippen molar-refractivity contribution in [2.75, 3.05) is 0 Å². The summed E-state index contributed by atoms with van der Waals surface area (Å²) in [4.78, 5) is 25.5. The normalized spacial score (nSPS) is 16.2. The van der Waals surface area contributed by atoms with Crippen molar-refractivity contribution in [3.63, 3.8) is 0 Å². The van der Waals surface area contributed by atoms with Gasteiger partial charge in [-0.1, -0.05) is 19.3 Å². The molecule has 1 saturated carbocycles. The second kappa shape index (κ2) is 6.01. The number of nitro groups is 1. The SMILES string of the molecule is NC(=O)c1cc([N+](=O)[O-])cnc1SC1CCCCC1. The Kier molecular flexibility index (Phi) is 4.36. The summed E-state index contributed by atoms with van der Waals surface area (Å²) >= 11 is 1.51. The number of amides is 1. The summed E-state index contributed by atoms with van der Waals surface area (Å²) in [5.74, 6) is -0.672. The van der Waals surface area contributed by atoms with Crippen molar-refractivity contribution in [1.29, 1.82) is 0 Å². The molecule has 102 valence electrons. The van der Waals surface area contributed by atoms with Crippen molar-refractivity contribution < 1.29 is 9.72 Å². The smallest absolute Gasteiger partial charge is 0.288 e. The lowest BCUT2D eigenvalue weighted by Crippen LogP contribution is -2.15. The number of pyridine rings is 1. The van der Waals surface area contributed by atoms with Gasteiger partial charge in [0.1, 0.15) is 11.2 Å². The molecule has 1 aliphatic rings. The summed E-state index contributed by atoms with van der Waals surface area (Å²) in [5.41, 5.74) is 5.21. The Morgan fingerprint density at radius 1 is 1.42 bits per heavy atom. The van der Waals surface area contributed by atoms with Crippen LogP contribution in [0.15, 0.2) is 17.3 Å². The molecule has 2 N–H and O–H groups in total. The van der Waals surface area contributed by atoms with E-state index in [-0.39, 0.29) is 11.3 Å². The number of hydrogen-bond acceptors (Lipinski definition) is 5. The average molecular weight is 281 g/mol. The Morgan fingerprint density at radius 2 is 2.11 bits per heavy atom. The first-order valence-corrected chi connectivity index (χ1v) is 7.07. The van der Waals surface area contributed by atoms with Gasteiger partial charge in [-0.3, -0.25) is 14.9 Å². The average Bonchev–Trinajstić information content (AvgIpc) is 2.39. The first-order chi connectivity index (χ1) is 9.08. The Balaban J connectivity index is 2.23. The van der Waals surface area contributed by atoms with Crippen LogP contribution < -0.4 is 5.73 Å². The highest BCUT2D eigenvalue weighted by atomic mass is 32.2. The van der Waals surface area contributed by atoms with E-state index >= 15 is 0 Å². The fraction of sp³-hybridized carbons (Fsp3) is 0.500. The molecule has 6 nitrogen and oxygen atoms in total. The van der Waals surface area contributed by atoms with Gasteiger partial charge in [-0.25, -0.2) is 4.98 Å². The van der Waals surface area contributed by atoms with E-state index in [1.807, 2.05) is 0 Å². The lowest BCUT2D eigenvalue weighted by atomic mass is 10.0. The van der Waals surface area contributed by atoms with Crippen molar-refractivity contribution >= 4 is 23.4 Å². The van der Waals surface area contributed by atoms with Crippen LogP contribution in [0.4, 0.5) is 5.69 Å². The van der Waals surface area contributed by atoms with Gasteiger partial charge >= 0.3 is 0 Å². The third-order valence-corrected chi connectivity index (χ3v) is 4.50. The van der Waals surface area contributed by atoms with E-state index in [1.54, 1.807) is 0 Å². The second-order valence-electron chi connectivity index (χ2n) is 4.55. The van der Waals surface area contributed by atoms with Crippen LogP contribution in [0.25, 0.3) is 0 Å². The molecular weight excluding hydrogens is 266 g/mol. The second-order valence-corrected chi connectivity index (χ2v) is 5.83. The number of rotatable bonds is 4. The van der Waals surface area contributed by atoms with E-state index in [4.69, 9.17) is 5.73 Å². The lowest BCUT2D eigenvalue weighted by molar-refractivity contribution is -0.385. The maximum Gasteiger partial charge on any atom is 0.288 e. The summed E-state index contributed by atoms with van der Waals surface area (Å²) in [7, 11) is 0. The topological polar surface area (TPSA) is 99.1 Å². The standard InChI is InChI=1S/C12H15N3O3S/c13-11(16)10-6-8(15(17)18)7-14-12(10)19-9-4-2-1-3-5-9/h6-7,9H,1-5H2,(H2,13,16). The molecule has 1 aromatic heterocycles. The minimum atomic E-state index is -0.672. The first kappa shape index (κ1) is 13.8. The zero-order valence-corrected chi connectivity index (χ0v) is 11.2. The van der Waals surface area contributed by atoms with Gasteiger partial charge in [0.2, 0.25) is 0 Å². The number of thioether (sulfide) groups is 1. The van der Waals surface area contributed by atoms with Crippen LogP contribution in [0.2, 0.25) is 0 Å².